The molecule has 31 heavy (non-hydrogen) atoms. The number of nitrogens with zero attached hydrogens (tertiary/aromatic N) is 2. The van der Waals surface area contributed by atoms with Gasteiger partial charge in [-0.15, -0.1) is 0 Å². The molecule has 2 atom stereocenters. The van der Waals surface area contributed by atoms with Gasteiger partial charge in [-0.25, -0.2) is 4.98 Å². The van der Waals surface area contributed by atoms with Gasteiger partial charge < -0.3 is 4.57 Å². The van der Waals surface area contributed by atoms with Crippen molar-refractivity contribution in [2.75, 3.05) is 0 Å². The number of imidazole rings is 1. The predicted molar refractivity (Wildman–Crippen MR) is 139 cm³/mol. The number of unbranched alkanes of at least 4 members (excludes halogenated alkanes) is 16. The van der Waals surface area contributed by atoms with E-state index in [1.807, 2.05) is 6.20 Å². The van der Waals surface area contributed by atoms with Crippen LogP contribution in [0.3, 0.4) is 0 Å². The third-order valence-corrected chi connectivity index (χ3v) is 7.08. The molecule has 0 aromatic carbocycles. The molecule has 0 spiro atoms. The van der Waals surface area contributed by atoms with E-state index >= 15 is 0 Å². The second-order valence-corrected chi connectivity index (χ2v) is 10.2. The van der Waals surface area contributed by atoms with Crippen LogP contribution in [-0.4, -0.2) is 9.55 Å². The molecule has 0 aliphatic rings. The van der Waals surface area contributed by atoms with E-state index in [2.05, 4.69) is 38.5 Å². The molecule has 0 aliphatic heterocycles. The van der Waals surface area contributed by atoms with Crippen molar-refractivity contribution < 1.29 is 0 Å². The van der Waals surface area contributed by atoms with Gasteiger partial charge in [0, 0.05) is 24.4 Å². The molecule has 0 N–H and O–H groups in total. The SMILES string of the molecule is CCCCCCCCCCCCC(C)n1ccnc1C(C)CCCCCCCCCC. The maximum absolute atomic E-state index is 4.75. The van der Waals surface area contributed by atoms with Crippen molar-refractivity contribution >= 4 is 0 Å². The van der Waals surface area contributed by atoms with Crippen LogP contribution in [0.25, 0.3) is 0 Å². The van der Waals surface area contributed by atoms with Gasteiger partial charge in [-0.3, -0.25) is 0 Å². The molecule has 0 amide bonds. The van der Waals surface area contributed by atoms with Crippen molar-refractivity contribution in [1.82, 2.24) is 9.55 Å². The molecule has 0 bridgehead atoms. The first-order valence-electron chi connectivity index (χ1n) is 14.2. The second-order valence-electron chi connectivity index (χ2n) is 10.2. The van der Waals surface area contributed by atoms with E-state index in [1.165, 1.54) is 134 Å². The van der Waals surface area contributed by atoms with Crippen LogP contribution < -0.4 is 0 Å². The largest absolute Gasteiger partial charge is 0.332 e. The minimum atomic E-state index is 0.588. The molecule has 0 aliphatic carbocycles. The Kier molecular flexibility index (Phi) is 18.1. The van der Waals surface area contributed by atoms with E-state index in [-0.39, 0.29) is 0 Å². The van der Waals surface area contributed by atoms with Crippen molar-refractivity contribution in [3.05, 3.63) is 18.2 Å². The van der Waals surface area contributed by atoms with Gasteiger partial charge in [0.05, 0.1) is 0 Å². The molecule has 2 unspecified atom stereocenters. The van der Waals surface area contributed by atoms with Crippen LogP contribution in [0.1, 0.15) is 174 Å². The number of hydrogen-bond donors (Lipinski definition) is 0. The molecular formula is C29H56N2. The highest BCUT2D eigenvalue weighted by Crippen LogP contribution is 2.26. The standard InChI is InChI=1S/C29H56N2/c1-5-7-9-11-13-15-16-18-20-22-24-28(4)31-26-25-30-29(31)27(3)23-21-19-17-14-12-10-8-6-2/h25-28H,5-24H2,1-4H3. The molecule has 0 saturated carbocycles. The summed E-state index contributed by atoms with van der Waals surface area (Å²) in [6.45, 7) is 9.37. The molecule has 2 nitrogen and oxygen atoms in total. The molecule has 2 heteroatoms. The summed E-state index contributed by atoms with van der Waals surface area (Å²) in [4.78, 5) is 4.75. The Morgan fingerprint density at radius 1 is 0.613 bits per heavy atom. The molecule has 0 radical (unpaired) electrons. The first kappa shape index (κ1) is 28.2. The predicted octanol–water partition coefficient (Wildman–Crippen LogP) is 10.4. The van der Waals surface area contributed by atoms with Crippen LogP contribution in [0, 0.1) is 0 Å². The van der Waals surface area contributed by atoms with E-state index < -0.39 is 0 Å². The van der Waals surface area contributed by atoms with Crippen molar-refractivity contribution in [3.63, 3.8) is 0 Å². The van der Waals surface area contributed by atoms with Gasteiger partial charge in [0.25, 0.3) is 0 Å². The van der Waals surface area contributed by atoms with Crippen LogP contribution >= 0.6 is 0 Å². The molecular weight excluding hydrogens is 376 g/mol. The van der Waals surface area contributed by atoms with Crippen LogP contribution in [0.15, 0.2) is 12.4 Å². The number of hydrogen-bond acceptors (Lipinski definition) is 1. The summed E-state index contributed by atoms with van der Waals surface area (Å²) in [7, 11) is 0. The third-order valence-electron chi connectivity index (χ3n) is 7.08. The first-order valence-corrected chi connectivity index (χ1v) is 14.2. The van der Waals surface area contributed by atoms with Crippen molar-refractivity contribution in [1.29, 1.82) is 0 Å². The Bertz CT molecular complexity index is 493. The summed E-state index contributed by atoms with van der Waals surface area (Å²) in [5.74, 6) is 1.91. The van der Waals surface area contributed by atoms with Gasteiger partial charge >= 0.3 is 0 Å². The maximum atomic E-state index is 4.75. The fourth-order valence-corrected chi connectivity index (χ4v) is 4.86. The van der Waals surface area contributed by atoms with E-state index in [0.717, 1.165) is 0 Å². The second kappa shape index (κ2) is 19.9. The molecule has 1 aromatic rings. The lowest BCUT2D eigenvalue weighted by Gasteiger charge is -2.20. The minimum absolute atomic E-state index is 0.588. The lowest BCUT2D eigenvalue weighted by atomic mass is 10.00. The summed E-state index contributed by atoms with van der Waals surface area (Å²) in [6.07, 6.45) is 32.2. The highest BCUT2D eigenvalue weighted by molar-refractivity contribution is 5.00. The van der Waals surface area contributed by atoms with Crippen LogP contribution in [0.2, 0.25) is 0 Å². The highest BCUT2D eigenvalue weighted by Gasteiger charge is 2.15. The van der Waals surface area contributed by atoms with Crippen LogP contribution in [0.5, 0.6) is 0 Å². The van der Waals surface area contributed by atoms with Gasteiger partial charge in [-0.05, 0) is 19.8 Å². The van der Waals surface area contributed by atoms with Gasteiger partial charge in [-0.2, -0.15) is 0 Å². The Morgan fingerprint density at radius 2 is 1.03 bits per heavy atom. The summed E-state index contributed by atoms with van der Waals surface area (Å²) >= 11 is 0. The molecule has 1 aromatic heterocycles. The summed E-state index contributed by atoms with van der Waals surface area (Å²) in [6, 6.07) is 0.590. The van der Waals surface area contributed by atoms with E-state index in [0.29, 0.717) is 12.0 Å². The zero-order chi connectivity index (χ0) is 22.6. The quantitative estimate of drug-likeness (QED) is 0.167. The summed E-state index contributed by atoms with van der Waals surface area (Å²) in [5.41, 5.74) is 0. The molecule has 0 saturated heterocycles. The lowest BCUT2D eigenvalue weighted by molar-refractivity contribution is 0.435. The van der Waals surface area contributed by atoms with E-state index in [1.54, 1.807) is 0 Å². The average Bonchev–Trinajstić information content (AvgIpc) is 3.27. The van der Waals surface area contributed by atoms with Gasteiger partial charge in [0.2, 0.25) is 0 Å². The van der Waals surface area contributed by atoms with Crippen molar-refractivity contribution in [3.8, 4) is 0 Å². The Balaban J connectivity index is 2.13. The normalized spacial score (nSPS) is 13.5. The molecule has 1 heterocycles. The Morgan fingerprint density at radius 3 is 1.52 bits per heavy atom. The number of rotatable bonds is 22. The van der Waals surface area contributed by atoms with Gasteiger partial charge in [-0.1, -0.05) is 136 Å². The smallest absolute Gasteiger partial charge is 0.111 e. The summed E-state index contributed by atoms with van der Waals surface area (Å²) < 4.78 is 2.48. The zero-order valence-electron chi connectivity index (χ0n) is 21.8. The maximum Gasteiger partial charge on any atom is 0.111 e. The Labute approximate surface area is 196 Å². The van der Waals surface area contributed by atoms with E-state index in [9.17, 15) is 0 Å². The highest BCUT2D eigenvalue weighted by atomic mass is 15.1. The van der Waals surface area contributed by atoms with Crippen LogP contribution in [0.4, 0.5) is 0 Å². The first-order chi connectivity index (χ1) is 15.2. The third kappa shape index (κ3) is 14.1. The molecule has 182 valence electrons. The monoisotopic (exact) mass is 432 g/mol. The Hall–Kier alpha value is -0.790. The fourth-order valence-electron chi connectivity index (χ4n) is 4.86. The molecule has 0 fully saturated rings. The van der Waals surface area contributed by atoms with Crippen molar-refractivity contribution in [2.24, 2.45) is 0 Å². The van der Waals surface area contributed by atoms with Crippen LogP contribution in [-0.2, 0) is 0 Å². The summed E-state index contributed by atoms with van der Waals surface area (Å²) in [5, 5.41) is 0. The van der Waals surface area contributed by atoms with Gasteiger partial charge in [0.15, 0.2) is 0 Å². The lowest BCUT2D eigenvalue weighted by Crippen LogP contribution is -2.11. The van der Waals surface area contributed by atoms with Crippen molar-refractivity contribution in [2.45, 2.75) is 168 Å². The topological polar surface area (TPSA) is 17.8 Å². The zero-order valence-corrected chi connectivity index (χ0v) is 21.8. The fraction of sp³-hybridized carbons (Fsp3) is 0.897. The number of aromatic nitrogens is 2. The van der Waals surface area contributed by atoms with Gasteiger partial charge in [0.1, 0.15) is 5.82 Å². The molecule has 1 rings (SSSR count). The minimum Gasteiger partial charge on any atom is -0.332 e. The van der Waals surface area contributed by atoms with E-state index in [4.69, 9.17) is 4.98 Å². The average molecular weight is 433 g/mol.